The smallest absolute Gasteiger partial charge is 0.240 e. The Kier molecular flexibility index (Phi) is 5.13. The predicted octanol–water partition coefficient (Wildman–Crippen LogP) is 1.73. The highest BCUT2D eigenvalue weighted by molar-refractivity contribution is 4.84. The Hall–Kier alpha value is -0.940. The second-order valence-corrected chi connectivity index (χ2v) is 5.12. The van der Waals surface area contributed by atoms with Crippen LogP contribution in [0, 0.1) is 6.92 Å². The molecule has 2 rings (SSSR count). The van der Waals surface area contributed by atoms with E-state index in [1.54, 1.807) is 0 Å². The summed E-state index contributed by atoms with van der Waals surface area (Å²) >= 11 is 0. The monoisotopic (exact) mass is 252 g/mol. The fourth-order valence-electron chi connectivity index (χ4n) is 2.54. The molecule has 1 unspecified atom stereocenters. The maximum atomic E-state index is 5.21. The molecule has 102 valence electrons. The van der Waals surface area contributed by atoms with Crippen molar-refractivity contribution in [3.05, 3.63) is 11.7 Å². The minimum absolute atomic E-state index is 0.620. The maximum absolute atomic E-state index is 5.21. The Morgan fingerprint density at radius 1 is 1.44 bits per heavy atom. The molecular weight excluding hydrogens is 228 g/mol. The van der Waals surface area contributed by atoms with Gasteiger partial charge in [0.15, 0.2) is 5.82 Å². The normalized spacial score (nSPS) is 20.5. The van der Waals surface area contributed by atoms with Crippen molar-refractivity contribution in [1.29, 1.82) is 0 Å². The van der Waals surface area contributed by atoms with Crippen molar-refractivity contribution in [1.82, 2.24) is 20.4 Å². The van der Waals surface area contributed by atoms with E-state index in [4.69, 9.17) is 4.52 Å². The van der Waals surface area contributed by atoms with E-state index in [2.05, 4.69) is 27.3 Å². The highest BCUT2D eigenvalue weighted by Gasteiger charge is 2.18. The van der Waals surface area contributed by atoms with E-state index in [1.807, 2.05) is 6.92 Å². The number of hydrogen-bond acceptors (Lipinski definition) is 5. The van der Waals surface area contributed by atoms with E-state index in [1.165, 1.54) is 19.3 Å². The Morgan fingerprint density at radius 3 is 2.94 bits per heavy atom. The molecule has 5 heteroatoms. The molecule has 0 spiro atoms. The zero-order valence-corrected chi connectivity index (χ0v) is 11.5. The molecule has 0 aliphatic carbocycles. The first-order valence-electron chi connectivity index (χ1n) is 7.03. The van der Waals surface area contributed by atoms with Gasteiger partial charge in [-0.2, -0.15) is 4.98 Å². The van der Waals surface area contributed by atoms with Gasteiger partial charge in [0.1, 0.15) is 0 Å². The molecule has 0 aromatic carbocycles. The third kappa shape index (κ3) is 4.07. The third-order valence-corrected chi connectivity index (χ3v) is 3.36. The summed E-state index contributed by atoms with van der Waals surface area (Å²) in [6.45, 7) is 8.16. The van der Waals surface area contributed by atoms with Crippen molar-refractivity contribution in [3.63, 3.8) is 0 Å². The van der Waals surface area contributed by atoms with Crippen LogP contribution in [-0.2, 0) is 6.54 Å². The van der Waals surface area contributed by atoms with Gasteiger partial charge in [0.05, 0.1) is 6.54 Å². The second-order valence-electron chi connectivity index (χ2n) is 5.12. The van der Waals surface area contributed by atoms with E-state index < -0.39 is 0 Å². The van der Waals surface area contributed by atoms with Crippen LogP contribution in [0.1, 0.15) is 44.3 Å². The Balaban J connectivity index is 1.86. The van der Waals surface area contributed by atoms with Gasteiger partial charge in [-0.3, -0.25) is 4.90 Å². The summed E-state index contributed by atoms with van der Waals surface area (Å²) in [6.07, 6.45) is 5.09. The topological polar surface area (TPSA) is 54.2 Å². The molecule has 18 heavy (non-hydrogen) atoms. The van der Waals surface area contributed by atoms with Crippen molar-refractivity contribution in [2.75, 3.05) is 19.6 Å². The standard InChI is InChI=1S/C13H24N4O/c1-3-8-17(9-12-6-4-5-7-14-12)10-13-15-11(2)16-18-13/h12,14H,3-10H2,1-2H3. The molecule has 1 aliphatic heterocycles. The summed E-state index contributed by atoms with van der Waals surface area (Å²) in [7, 11) is 0. The molecule has 0 bridgehead atoms. The lowest BCUT2D eigenvalue weighted by Gasteiger charge is -2.29. The number of hydrogen-bond donors (Lipinski definition) is 1. The number of nitrogens with one attached hydrogen (secondary N) is 1. The first-order chi connectivity index (χ1) is 8.78. The fraction of sp³-hybridized carbons (Fsp3) is 0.846. The molecule has 1 aromatic heterocycles. The van der Waals surface area contributed by atoms with Gasteiger partial charge in [-0.05, 0) is 39.3 Å². The molecule has 1 atom stereocenters. The van der Waals surface area contributed by atoms with Crippen molar-refractivity contribution in [3.8, 4) is 0 Å². The predicted molar refractivity (Wildman–Crippen MR) is 70.2 cm³/mol. The Labute approximate surface area is 109 Å². The lowest BCUT2D eigenvalue weighted by Crippen LogP contribution is -2.43. The third-order valence-electron chi connectivity index (χ3n) is 3.36. The van der Waals surface area contributed by atoms with Crippen molar-refractivity contribution >= 4 is 0 Å². The highest BCUT2D eigenvalue weighted by atomic mass is 16.5. The van der Waals surface area contributed by atoms with E-state index in [0.29, 0.717) is 6.04 Å². The van der Waals surface area contributed by atoms with Crippen LogP contribution in [0.2, 0.25) is 0 Å². The quantitative estimate of drug-likeness (QED) is 0.835. The molecule has 1 saturated heterocycles. The fourth-order valence-corrected chi connectivity index (χ4v) is 2.54. The Morgan fingerprint density at radius 2 is 2.33 bits per heavy atom. The highest BCUT2D eigenvalue weighted by Crippen LogP contribution is 2.11. The molecule has 5 nitrogen and oxygen atoms in total. The minimum Gasteiger partial charge on any atom is -0.338 e. The largest absolute Gasteiger partial charge is 0.338 e. The molecule has 0 saturated carbocycles. The molecule has 0 radical (unpaired) electrons. The van der Waals surface area contributed by atoms with Gasteiger partial charge in [-0.15, -0.1) is 0 Å². The number of nitrogens with zero attached hydrogens (tertiary/aromatic N) is 3. The zero-order chi connectivity index (χ0) is 12.8. The molecule has 1 N–H and O–H groups in total. The van der Waals surface area contributed by atoms with Crippen LogP contribution in [-0.4, -0.2) is 40.7 Å². The summed E-state index contributed by atoms with van der Waals surface area (Å²) in [6, 6.07) is 0.620. The van der Waals surface area contributed by atoms with Crippen LogP contribution in [0.3, 0.4) is 0 Å². The maximum Gasteiger partial charge on any atom is 0.240 e. The van der Waals surface area contributed by atoms with Gasteiger partial charge in [0.2, 0.25) is 5.89 Å². The van der Waals surface area contributed by atoms with E-state index in [-0.39, 0.29) is 0 Å². The zero-order valence-electron chi connectivity index (χ0n) is 11.5. The second kappa shape index (κ2) is 6.85. The van der Waals surface area contributed by atoms with Gasteiger partial charge >= 0.3 is 0 Å². The van der Waals surface area contributed by atoms with Gasteiger partial charge in [0.25, 0.3) is 0 Å². The summed E-state index contributed by atoms with van der Waals surface area (Å²) in [5.74, 6) is 1.45. The molecule has 1 aliphatic rings. The summed E-state index contributed by atoms with van der Waals surface area (Å²) < 4.78 is 5.21. The SMILES string of the molecule is CCCN(Cc1nc(C)no1)CC1CCCCN1. The first-order valence-corrected chi connectivity index (χ1v) is 7.03. The number of aromatic nitrogens is 2. The summed E-state index contributed by atoms with van der Waals surface area (Å²) in [5, 5.41) is 7.44. The molecule has 1 fully saturated rings. The van der Waals surface area contributed by atoms with Crippen molar-refractivity contribution in [2.24, 2.45) is 0 Å². The number of rotatable bonds is 6. The van der Waals surface area contributed by atoms with E-state index >= 15 is 0 Å². The van der Waals surface area contributed by atoms with Crippen LogP contribution in [0.15, 0.2) is 4.52 Å². The van der Waals surface area contributed by atoms with Crippen LogP contribution in [0.4, 0.5) is 0 Å². The van der Waals surface area contributed by atoms with Gasteiger partial charge < -0.3 is 9.84 Å². The minimum atomic E-state index is 0.620. The number of piperidine rings is 1. The van der Waals surface area contributed by atoms with Crippen molar-refractivity contribution in [2.45, 2.75) is 52.1 Å². The molecule has 2 heterocycles. The average Bonchev–Trinajstić information content (AvgIpc) is 2.76. The average molecular weight is 252 g/mol. The lowest BCUT2D eigenvalue weighted by atomic mass is 10.0. The van der Waals surface area contributed by atoms with Crippen molar-refractivity contribution < 1.29 is 4.52 Å². The van der Waals surface area contributed by atoms with Crippen LogP contribution in [0.5, 0.6) is 0 Å². The Bertz CT molecular complexity index is 347. The molecule has 1 aromatic rings. The van der Waals surface area contributed by atoms with Gasteiger partial charge in [-0.25, -0.2) is 0 Å². The first kappa shape index (κ1) is 13.5. The number of aryl methyl sites for hydroxylation is 1. The summed E-state index contributed by atoms with van der Waals surface area (Å²) in [5.41, 5.74) is 0. The van der Waals surface area contributed by atoms with Gasteiger partial charge in [0, 0.05) is 12.6 Å². The van der Waals surface area contributed by atoms with Crippen LogP contribution >= 0.6 is 0 Å². The van der Waals surface area contributed by atoms with E-state index in [0.717, 1.165) is 44.3 Å². The van der Waals surface area contributed by atoms with E-state index in [9.17, 15) is 0 Å². The summed E-state index contributed by atoms with van der Waals surface area (Å²) in [4.78, 5) is 6.70. The molecular formula is C13H24N4O. The van der Waals surface area contributed by atoms with Gasteiger partial charge in [-0.1, -0.05) is 18.5 Å². The van der Waals surface area contributed by atoms with Crippen LogP contribution < -0.4 is 5.32 Å². The van der Waals surface area contributed by atoms with Crippen LogP contribution in [0.25, 0.3) is 0 Å². The molecule has 0 amide bonds. The lowest BCUT2D eigenvalue weighted by molar-refractivity contribution is 0.193.